The molecule has 0 aliphatic rings. The Morgan fingerprint density at radius 1 is 1.29 bits per heavy atom. The molecule has 0 amide bonds. The van der Waals surface area contributed by atoms with E-state index in [1.54, 1.807) is 12.3 Å². The summed E-state index contributed by atoms with van der Waals surface area (Å²) in [5.74, 6) is -1.05. The lowest BCUT2D eigenvalue weighted by molar-refractivity contribution is 0.0698. The highest BCUT2D eigenvalue weighted by Crippen LogP contribution is 2.24. The zero-order valence-electron chi connectivity index (χ0n) is 9.70. The Kier molecular flexibility index (Phi) is 2.71. The first-order valence-electron chi connectivity index (χ1n) is 5.42. The van der Waals surface area contributed by atoms with Crippen molar-refractivity contribution in [2.24, 2.45) is 0 Å². The van der Waals surface area contributed by atoms with Crippen LogP contribution in [0, 0.1) is 0 Å². The number of fused-ring (bicyclic) bond motifs is 1. The zero-order valence-corrected chi connectivity index (χ0v) is 9.70. The number of carboxylic acid groups (broad SMARTS) is 1. The number of benzene rings is 1. The van der Waals surface area contributed by atoms with Crippen molar-refractivity contribution in [3.8, 4) is 0 Å². The number of hydrogen-bond donors (Lipinski definition) is 2. The number of aromatic amines is 1. The maximum atomic E-state index is 11.4. The molecule has 0 bridgehead atoms. The van der Waals surface area contributed by atoms with Gasteiger partial charge in [-0.1, -0.05) is 6.92 Å². The van der Waals surface area contributed by atoms with Gasteiger partial charge in [-0.05, 0) is 31.0 Å². The quantitative estimate of drug-likeness (QED) is 0.798. The third-order valence-electron chi connectivity index (χ3n) is 2.87. The maximum Gasteiger partial charge on any atom is 0.337 e. The minimum absolute atomic E-state index is 0.0687. The second-order valence-electron chi connectivity index (χ2n) is 3.98. The fourth-order valence-corrected chi connectivity index (χ4v) is 1.96. The fourth-order valence-electron chi connectivity index (χ4n) is 1.96. The molecule has 4 nitrogen and oxygen atoms in total. The van der Waals surface area contributed by atoms with Gasteiger partial charge in [0.25, 0.3) is 0 Å². The molecule has 0 fully saturated rings. The molecule has 2 rings (SSSR count). The average molecular weight is 231 g/mol. The van der Waals surface area contributed by atoms with E-state index >= 15 is 0 Å². The highest BCUT2D eigenvalue weighted by atomic mass is 16.4. The van der Waals surface area contributed by atoms with Gasteiger partial charge in [0, 0.05) is 17.1 Å². The van der Waals surface area contributed by atoms with E-state index in [-0.39, 0.29) is 11.3 Å². The van der Waals surface area contributed by atoms with Gasteiger partial charge in [-0.25, -0.2) is 4.79 Å². The molecule has 0 aliphatic heterocycles. The summed E-state index contributed by atoms with van der Waals surface area (Å²) >= 11 is 0. The van der Waals surface area contributed by atoms with Crippen molar-refractivity contribution >= 4 is 22.7 Å². The van der Waals surface area contributed by atoms with Crippen molar-refractivity contribution in [3.63, 3.8) is 0 Å². The van der Waals surface area contributed by atoms with Gasteiger partial charge in [0.15, 0.2) is 5.78 Å². The van der Waals surface area contributed by atoms with Crippen LogP contribution in [-0.2, 0) is 6.42 Å². The summed E-state index contributed by atoms with van der Waals surface area (Å²) in [5, 5.41) is 9.83. The molecule has 0 saturated carbocycles. The van der Waals surface area contributed by atoms with Gasteiger partial charge in [-0.3, -0.25) is 4.79 Å². The SMILES string of the molecule is CCc1cc(C(=O)O)c2[nH]cc(C(C)=O)c2c1. The molecule has 0 spiro atoms. The number of aromatic nitrogens is 1. The lowest BCUT2D eigenvalue weighted by Gasteiger charge is -2.03. The molecule has 1 aromatic carbocycles. The summed E-state index contributed by atoms with van der Waals surface area (Å²) in [6.07, 6.45) is 2.30. The van der Waals surface area contributed by atoms with Gasteiger partial charge in [-0.15, -0.1) is 0 Å². The predicted octanol–water partition coefficient (Wildman–Crippen LogP) is 2.63. The molecule has 1 heterocycles. The molecular weight excluding hydrogens is 218 g/mol. The molecular formula is C13H13NO3. The number of carbonyl (C=O) groups is 2. The van der Waals surface area contributed by atoms with Crippen molar-refractivity contribution in [1.82, 2.24) is 4.98 Å². The van der Waals surface area contributed by atoms with Crippen molar-refractivity contribution in [2.75, 3.05) is 0 Å². The molecule has 4 heteroatoms. The average Bonchev–Trinajstić information content (AvgIpc) is 2.70. The number of Topliss-reactive ketones (excluding diaryl/α,β-unsaturated/α-hetero) is 1. The van der Waals surface area contributed by atoms with Gasteiger partial charge in [-0.2, -0.15) is 0 Å². The largest absolute Gasteiger partial charge is 0.478 e. The normalized spacial score (nSPS) is 10.7. The minimum Gasteiger partial charge on any atom is -0.478 e. The van der Waals surface area contributed by atoms with Crippen LogP contribution in [0.15, 0.2) is 18.3 Å². The number of carboxylic acids is 1. The van der Waals surface area contributed by atoms with Crippen LogP contribution >= 0.6 is 0 Å². The van der Waals surface area contributed by atoms with Gasteiger partial charge in [0.05, 0.1) is 11.1 Å². The molecule has 0 saturated heterocycles. The van der Waals surface area contributed by atoms with Crippen molar-refractivity contribution in [2.45, 2.75) is 20.3 Å². The minimum atomic E-state index is -0.984. The first-order valence-corrected chi connectivity index (χ1v) is 5.42. The second-order valence-corrected chi connectivity index (χ2v) is 3.98. The van der Waals surface area contributed by atoms with Gasteiger partial charge in [0.1, 0.15) is 0 Å². The van der Waals surface area contributed by atoms with E-state index in [0.29, 0.717) is 16.5 Å². The number of carbonyl (C=O) groups excluding carboxylic acids is 1. The first-order chi connectivity index (χ1) is 8.04. The van der Waals surface area contributed by atoms with Gasteiger partial charge >= 0.3 is 5.97 Å². The van der Waals surface area contributed by atoms with Crippen LogP contribution in [0.4, 0.5) is 0 Å². The Balaban J connectivity index is 2.83. The maximum absolute atomic E-state index is 11.4. The van der Waals surface area contributed by atoms with Crippen LogP contribution in [0.5, 0.6) is 0 Å². The molecule has 0 atom stereocenters. The molecule has 0 unspecified atom stereocenters. The topological polar surface area (TPSA) is 70.2 Å². The van der Waals surface area contributed by atoms with Crippen molar-refractivity contribution < 1.29 is 14.7 Å². The van der Waals surface area contributed by atoms with E-state index in [1.807, 2.05) is 13.0 Å². The Morgan fingerprint density at radius 2 is 2.00 bits per heavy atom. The van der Waals surface area contributed by atoms with E-state index in [2.05, 4.69) is 4.98 Å². The summed E-state index contributed by atoms with van der Waals surface area (Å²) in [6, 6.07) is 3.51. The third-order valence-corrected chi connectivity index (χ3v) is 2.87. The smallest absolute Gasteiger partial charge is 0.337 e. The fraction of sp³-hybridized carbons (Fsp3) is 0.231. The molecule has 17 heavy (non-hydrogen) atoms. The van der Waals surface area contributed by atoms with E-state index < -0.39 is 5.97 Å². The highest BCUT2D eigenvalue weighted by molar-refractivity contribution is 6.11. The summed E-state index contributed by atoms with van der Waals surface area (Å²) in [5.41, 5.74) is 2.18. The van der Waals surface area contributed by atoms with E-state index in [1.165, 1.54) is 6.92 Å². The number of aromatic carboxylic acids is 1. The lowest BCUT2D eigenvalue weighted by atomic mass is 10.0. The molecule has 88 valence electrons. The summed E-state index contributed by atoms with van der Waals surface area (Å²) < 4.78 is 0. The number of nitrogens with one attached hydrogen (secondary N) is 1. The van der Waals surface area contributed by atoms with Crippen molar-refractivity contribution in [1.29, 1.82) is 0 Å². The van der Waals surface area contributed by atoms with Crippen LogP contribution in [0.3, 0.4) is 0 Å². The second kappa shape index (κ2) is 4.05. The number of ketones is 1. The standard InChI is InChI=1S/C13H13NO3/c1-3-8-4-9-11(7(2)15)6-14-12(9)10(5-8)13(16)17/h4-6,14H,3H2,1-2H3,(H,16,17). The Labute approximate surface area is 98.3 Å². The number of rotatable bonds is 3. The Bertz CT molecular complexity index is 610. The zero-order chi connectivity index (χ0) is 12.6. The van der Waals surface area contributed by atoms with Crippen molar-refractivity contribution in [3.05, 3.63) is 35.0 Å². The summed E-state index contributed by atoms with van der Waals surface area (Å²) in [6.45, 7) is 3.43. The summed E-state index contributed by atoms with van der Waals surface area (Å²) in [4.78, 5) is 25.5. The molecule has 2 aromatic rings. The molecule has 0 aliphatic carbocycles. The Hall–Kier alpha value is -2.10. The van der Waals surface area contributed by atoms with Crippen LogP contribution in [0.1, 0.15) is 40.1 Å². The number of hydrogen-bond acceptors (Lipinski definition) is 2. The lowest BCUT2D eigenvalue weighted by Crippen LogP contribution is -1.99. The van der Waals surface area contributed by atoms with Crippen LogP contribution in [-0.4, -0.2) is 21.8 Å². The van der Waals surface area contributed by atoms with Crippen LogP contribution < -0.4 is 0 Å². The van der Waals surface area contributed by atoms with E-state index in [0.717, 1.165) is 12.0 Å². The molecule has 1 aromatic heterocycles. The highest BCUT2D eigenvalue weighted by Gasteiger charge is 2.15. The Morgan fingerprint density at radius 3 is 2.53 bits per heavy atom. The monoisotopic (exact) mass is 231 g/mol. The number of aryl methyl sites for hydroxylation is 1. The molecule has 0 radical (unpaired) electrons. The number of H-pyrrole nitrogens is 1. The summed E-state index contributed by atoms with van der Waals surface area (Å²) in [7, 11) is 0. The van der Waals surface area contributed by atoms with Crippen LogP contribution in [0.2, 0.25) is 0 Å². The first kappa shape index (κ1) is 11.4. The van der Waals surface area contributed by atoms with Crippen LogP contribution in [0.25, 0.3) is 10.9 Å². The van der Waals surface area contributed by atoms with Gasteiger partial charge < -0.3 is 10.1 Å². The van der Waals surface area contributed by atoms with E-state index in [9.17, 15) is 9.59 Å². The van der Waals surface area contributed by atoms with Gasteiger partial charge in [0.2, 0.25) is 0 Å². The predicted molar refractivity (Wildman–Crippen MR) is 64.6 cm³/mol. The van der Waals surface area contributed by atoms with E-state index in [4.69, 9.17) is 5.11 Å². The third kappa shape index (κ3) is 1.82. The molecule has 2 N–H and O–H groups in total.